The summed E-state index contributed by atoms with van der Waals surface area (Å²) < 4.78 is 5.51. The molecule has 0 aromatic carbocycles. The lowest BCUT2D eigenvalue weighted by molar-refractivity contribution is -0.0257. The summed E-state index contributed by atoms with van der Waals surface area (Å²) in [4.78, 5) is 3.58. The quantitative estimate of drug-likeness (QED) is 0.922. The molecule has 92 valence electrons. The van der Waals surface area contributed by atoms with Crippen molar-refractivity contribution < 1.29 is 4.74 Å². The van der Waals surface area contributed by atoms with Crippen LogP contribution in [0.2, 0.25) is 5.02 Å². The van der Waals surface area contributed by atoms with Crippen molar-refractivity contribution in [3.05, 3.63) is 21.3 Å². The molecular weight excluding hydrogens is 267 g/mol. The van der Waals surface area contributed by atoms with Crippen LogP contribution in [0, 0.1) is 0 Å². The van der Waals surface area contributed by atoms with Crippen LogP contribution < -0.4 is 5.73 Å². The van der Waals surface area contributed by atoms with Gasteiger partial charge in [-0.1, -0.05) is 11.6 Å². The Morgan fingerprint density at radius 1 is 1.62 bits per heavy atom. The van der Waals surface area contributed by atoms with E-state index in [1.165, 1.54) is 4.88 Å². The first-order valence-corrected chi connectivity index (χ1v) is 6.31. The fraction of sp³-hybridized carbons (Fsp3) is 0.600. The van der Waals surface area contributed by atoms with Crippen molar-refractivity contribution in [2.24, 2.45) is 5.73 Å². The standard InChI is InChI=1S/C10H15ClN2OS.ClH/c11-9-1-4-15-10(9)7-13-2-3-14-8(5-12)6-13;/h1,4,8H,2-3,5-7,12H2;1H. The Balaban J connectivity index is 0.00000128. The number of ether oxygens (including phenoxy) is 1. The maximum absolute atomic E-state index is 6.06. The van der Waals surface area contributed by atoms with E-state index in [2.05, 4.69) is 4.90 Å². The van der Waals surface area contributed by atoms with E-state index < -0.39 is 0 Å². The highest BCUT2D eigenvalue weighted by molar-refractivity contribution is 7.10. The second kappa shape index (κ2) is 6.79. The van der Waals surface area contributed by atoms with Gasteiger partial charge in [0.1, 0.15) is 0 Å². The average molecular weight is 283 g/mol. The minimum absolute atomic E-state index is 0. The first kappa shape index (κ1) is 14.2. The molecule has 2 rings (SSSR count). The zero-order chi connectivity index (χ0) is 10.7. The van der Waals surface area contributed by atoms with Gasteiger partial charge in [0.15, 0.2) is 0 Å². The average Bonchev–Trinajstić information content (AvgIpc) is 2.65. The van der Waals surface area contributed by atoms with Gasteiger partial charge in [-0.15, -0.1) is 23.7 Å². The molecule has 2 N–H and O–H groups in total. The van der Waals surface area contributed by atoms with E-state index in [0.29, 0.717) is 6.54 Å². The Bertz CT molecular complexity index is 322. The number of rotatable bonds is 3. The minimum atomic E-state index is 0. The highest BCUT2D eigenvalue weighted by Crippen LogP contribution is 2.24. The SMILES string of the molecule is Cl.NCC1CN(Cc2sccc2Cl)CCO1. The van der Waals surface area contributed by atoms with Crippen LogP contribution in [-0.4, -0.2) is 37.2 Å². The maximum Gasteiger partial charge on any atom is 0.0824 e. The number of thiophene rings is 1. The number of halogens is 2. The van der Waals surface area contributed by atoms with Crippen LogP contribution in [0.4, 0.5) is 0 Å². The summed E-state index contributed by atoms with van der Waals surface area (Å²) in [6.45, 7) is 4.14. The Labute approximate surface area is 111 Å². The van der Waals surface area contributed by atoms with Crippen molar-refractivity contribution in [1.29, 1.82) is 0 Å². The molecule has 0 amide bonds. The highest BCUT2D eigenvalue weighted by Gasteiger charge is 2.20. The molecule has 1 atom stereocenters. The smallest absolute Gasteiger partial charge is 0.0824 e. The van der Waals surface area contributed by atoms with Gasteiger partial charge in [-0.3, -0.25) is 4.90 Å². The zero-order valence-corrected chi connectivity index (χ0v) is 11.3. The second-order valence-electron chi connectivity index (χ2n) is 3.66. The van der Waals surface area contributed by atoms with Gasteiger partial charge in [0.2, 0.25) is 0 Å². The number of morpholine rings is 1. The first-order valence-electron chi connectivity index (χ1n) is 5.05. The van der Waals surface area contributed by atoms with Gasteiger partial charge < -0.3 is 10.5 Å². The normalized spacial score (nSPS) is 21.8. The third-order valence-corrected chi connectivity index (χ3v) is 3.92. The summed E-state index contributed by atoms with van der Waals surface area (Å²) >= 11 is 7.76. The van der Waals surface area contributed by atoms with Crippen molar-refractivity contribution in [2.75, 3.05) is 26.2 Å². The molecule has 3 nitrogen and oxygen atoms in total. The summed E-state index contributed by atoms with van der Waals surface area (Å²) in [5.74, 6) is 0. The lowest BCUT2D eigenvalue weighted by Crippen LogP contribution is -2.45. The van der Waals surface area contributed by atoms with Gasteiger partial charge in [-0.05, 0) is 11.4 Å². The number of hydrogen-bond acceptors (Lipinski definition) is 4. The maximum atomic E-state index is 6.06. The molecule has 6 heteroatoms. The van der Waals surface area contributed by atoms with E-state index >= 15 is 0 Å². The molecule has 1 saturated heterocycles. The van der Waals surface area contributed by atoms with Gasteiger partial charge in [0.05, 0.1) is 17.7 Å². The lowest BCUT2D eigenvalue weighted by Gasteiger charge is -2.31. The third kappa shape index (κ3) is 3.58. The molecule has 1 aliphatic heterocycles. The van der Waals surface area contributed by atoms with Crippen LogP contribution in [0.15, 0.2) is 11.4 Å². The van der Waals surface area contributed by atoms with Crippen molar-refractivity contribution >= 4 is 35.3 Å². The molecule has 0 bridgehead atoms. The van der Waals surface area contributed by atoms with E-state index in [0.717, 1.165) is 31.3 Å². The van der Waals surface area contributed by atoms with Gasteiger partial charge in [-0.25, -0.2) is 0 Å². The Hall–Kier alpha value is 0.160. The summed E-state index contributed by atoms with van der Waals surface area (Å²) in [6, 6.07) is 1.95. The number of nitrogens with two attached hydrogens (primary N) is 1. The molecule has 0 radical (unpaired) electrons. The summed E-state index contributed by atoms with van der Waals surface area (Å²) in [6.07, 6.45) is 0.178. The highest BCUT2D eigenvalue weighted by atomic mass is 35.5. The zero-order valence-electron chi connectivity index (χ0n) is 8.89. The minimum Gasteiger partial charge on any atom is -0.374 e. The topological polar surface area (TPSA) is 38.5 Å². The van der Waals surface area contributed by atoms with Gasteiger partial charge in [-0.2, -0.15) is 0 Å². The van der Waals surface area contributed by atoms with E-state index in [9.17, 15) is 0 Å². The van der Waals surface area contributed by atoms with Crippen molar-refractivity contribution in [1.82, 2.24) is 4.90 Å². The summed E-state index contributed by atoms with van der Waals surface area (Å²) in [5, 5.41) is 2.90. The molecule has 1 unspecified atom stereocenters. The molecule has 16 heavy (non-hydrogen) atoms. The molecule has 0 saturated carbocycles. The summed E-state index contributed by atoms with van der Waals surface area (Å²) in [7, 11) is 0. The van der Waals surface area contributed by atoms with Crippen LogP contribution in [-0.2, 0) is 11.3 Å². The molecule has 1 aromatic rings. The Morgan fingerprint density at radius 2 is 2.44 bits per heavy atom. The van der Waals surface area contributed by atoms with Crippen molar-refractivity contribution in [3.63, 3.8) is 0 Å². The van der Waals surface area contributed by atoms with E-state index in [1.807, 2.05) is 11.4 Å². The van der Waals surface area contributed by atoms with Crippen LogP contribution in [0.25, 0.3) is 0 Å². The number of hydrogen-bond donors (Lipinski definition) is 1. The lowest BCUT2D eigenvalue weighted by atomic mass is 10.2. The van der Waals surface area contributed by atoms with Crippen LogP contribution in [0.1, 0.15) is 4.88 Å². The Kier molecular flexibility index (Phi) is 6.03. The van der Waals surface area contributed by atoms with Crippen molar-refractivity contribution in [2.45, 2.75) is 12.6 Å². The van der Waals surface area contributed by atoms with Gasteiger partial charge >= 0.3 is 0 Å². The fourth-order valence-electron chi connectivity index (χ4n) is 1.71. The third-order valence-electron chi connectivity index (χ3n) is 2.54. The van der Waals surface area contributed by atoms with Crippen molar-refractivity contribution in [3.8, 4) is 0 Å². The van der Waals surface area contributed by atoms with Crippen LogP contribution in [0.3, 0.4) is 0 Å². The monoisotopic (exact) mass is 282 g/mol. The molecule has 0 aliphatic carbocycles. The number of nitrogens with zero attached hydrogens (tertiary/aromatic N) is 1. The Morgan fingerprint density at radius 3 is 3.06 bits per heavy atom. The molecule has 1 aliphatic rings. The second-order valence-corrected chi connectivity index (χ2v) is 5.06. The van der Waals surface area contributed by atoms with Crippen LogP contribution in [0.5, 0.6) is 0 Å². The van der Waals surface area contributed by atoms with Crippen LogP contribution >= 0.6 is 35.3 Å². The molecule has 1 aromatic heterocycles. The first-order chi connectivity index (χ1) is 7.29. The van der Waals surface area contributed by atoms with E-state index in [1.54, 1.807) is 11.3 Å². The molecule has 0 spiro atoms. The molecule has 2 heterocycles. The summed E-state index contributed by atoms with van der Waals surface area (Å²) in [5.41, 5.74) is 5.59. The molecular formula is C10H16Cl2N2OS. The van der Waals surface area contributed by atoms with E-state index in [-0.39, 0.29) is 18.5 Å². The molecule has 1 fully saturated rings. The van der Waals surface area contributed by atoms with Gasteiger partial charge in [0, 0.05) is 31.1 Å². The fourth-order valence-corrected chi connectivity index (χ4v) is 2.84. The van der Waals surface area contributed by atoms with Gasteiger partial charge in [0.25, 0.3) is 0 Å². The predicted octanol–water partition coefficient (Wildman–Crippen LogP) is 1.98. The largest absolute Gasteiger partial charge is 0.374 e. The predicted molar refractivity (Wildman–Crippen MR) is 70.6 cm³/mol. The van der Waals surface area contributed by atoms with E-state index in [4.69, 9.17) is 22.1 Å².